The van der Waals surface area contributed by atoms with E-state index in [4.69, 9.17) is 0 Å². The summed E-state index contributed by atoms with van der Waals surface area (Å²) in [5.74, 6) is 0. The van der Waals surface area contributed by atoms with Gasteiger partial charge in [0.25, 0.3) is 0 Å². The van der Waals surface area contributed by atoms with E-state index in [1.54, 1.807) is 6.92 Å². The van der Waals surface area contributed by atoms with Crippen molar-refractivity contribution in [3.8, 4) is 0 Å². The molecule has 1 heterocycles. The van der Waals surface area contributed by atoms with E-state index >= 15 is 0 Å². The summed E-state index contributed by atoms with van der Waals surface area (Å²) >= 11 is 0. The van der Waals surface area contributed by atoms with Crippen molar-refractivity contribution < 1.29 is 4.39 Å². The first kappa shape index (κ1) is 7.47. The summed E-state index contributed by atoms with van der Waals surface area (Å²) in [4.78, 5) is 0. The summed E-state index contributed by atoms with van der Waals surface area (Å²) in [6.07, 6.45) is 3.07. The minimum absolute atomic E-state index is 0.762. The number of alkyl halides is 1. The second-order valence-corrected chi connectivity index (χ2v) is 8.13. The Kier molecular flexibility index (Phi) is 1.59. The zero-order valence-corrected chi connectivity index (χ0v) is 7.34. The summed E-state index contributed by atoms with van der Waals surface area (Å²) < 4.78 is 13.3. The van der Waals surface area contributed by atoms with Crippen molar-refractivity contribution >= 4 is 7.26 Å². The molecule has 0 aromatic rings. The Balaban J connectivity index is 2.62. The van der Waals surface area contributed by atoms with E-state index in [9.17, 15) is 4.39 Å². The maximum Gasteiger partial charge on any atom is 0.214 e. The van der Waals surface area contributed by atoms with E-state index in [1.165, 1.54) is 6.16 Å². The fraction of sp³-hybridized carbons (Fsp3) is 1.00. The van der Waals surface area contributed by atoms with Crippen LogP contribution in [0.1, 0.15) is 20.3 Å². The van der Waals surface area contributed by atoms with Crippen molar-refractivity contribution in [3.05, 3.63) is 0 Å². The monoisotopic (exact) mass is 149 g/mol. The second kappa shape index (κ2) is 1.92. The third-order valence-corrected chi connectivity index (χ3v) is 7.97. The van der Waals surface area contributed by atoms with Gasteiger partial charge in [-0.2, -0.15) is 4.39 Å². The second-order valence-electron chi connectivity index (χ2n) is 3.33. The standard InChI is InChI=1S/C7H15FP/c1-4-9(3)6-5-7(9,2)8/h4-6H2,1-3H3/q+1. The van der Waals surface area contributed by atoms with Crippen molar-refractivity contribution in [1.82, 2.24) is 0 Å². The van der Waals surface area contributed by atoms with E-state index in [0.29, 0.717) is 0 Å². The van der Waals surface area contributed by atoms with Crippen LogP contribution in [0, 0.1) is 0 Å². The molecule has 0 amide bonds. The zero-order valence-electron chi connectivity index (χ0n) is 6.45. The van der Waals surface area contributed by atoms with Crippen LogP contribution in [0.4, 0.5) is 4.39 Å². The molecule has 0 aliphatic carbocycles. The zero-order chi connectivity index (χ0) is 7.12. The Morgan fingerprint density at radius 3 is 2.22 bits per heavy atom. The first-order valence-electron chi connectivity index (χ1n) is 3.55. The van der Waals surface area contributed by atoms with Gasteiger partial charge in [-0.1, -0.05) is 0 Å². The lowest BCUT2D eigenvalue weighted by atomic mass is 10.3. The molecule has 0 saturated carbocycles. The molecule has 1 aliphatic rings. The van der Waals surface area contributed by atoms with Gasteiger partial charge in [0.15, 0.2) is 0 Å². The maximum atomic E-state index is 13.3. The third kappa shape index (κ3) is 0.902. The van der Waals surface area contributed by atoms with Gasteiger partial charge >= 0.3 is 0 Å². The Morgan fingerprint density at radius 1 is 1.67 bits per heavy atom. The lowest BCUT2D eigenvalue weighted by Gasteiger charge is -2.42. The van der Waals surface area contributed by atoms with Crippen LogP contribution >= 0.6 is 7.26 Å². The van der Waals surface area contributed by atoms with Crippen LogP contribution in [0.25, 0.3) is 0 Å². The molecular weight excluding hydrogens is 134 g/mol. The van der Waals surface area contributed by atoms with Gasteiger partial charge < -0.3 is 0 Å². The largest absolute Gasteiger partial charge is 0.214 e. The van der Waals surface area contributed by atoms with Gasteiger partial charge in [-0.25, -0.2) is 0 Å². The van der Waals surface area contributed by atoms with Crippen LogP contribution in [-0.4, -0.2) is 24.4 Å². The quantitative estimate of drug-likeness (QED) is 0.503. The number of hydrogen-bond acceptors (Lipinski definition) is 0. The van der Waals surface area contributed by atoms with Crippen LogP contribution in [0.3, 0.4) is 0 Å². The molecule has 0 spiro atoms. The molecule has 1 fully saturated rings. The molecule has 0 aromatic heterocycles. The highest BCUT2D eigenvalue weighted by Gasteiger charge is 2.59. The summed E-state index contributed by atoms with van der Waals surface area (Å²) in [6, 6.07) is 0. The molecule has 1 saturated heterocycles. The van der Waals surface area contributed by atoms with Crippen molar-refractivity contribution in [2.45, 2.75) is 25.7 Å². The molecule has 0 radical (unpaired) electrons. The highest BCUT2D eigenvalue weighted by molar-refractivity contribution is 7.77. The number of rotatable bonds is 1. The third-order valence-electron chi connectivity index (χ3n) is 2.89. The van der Waals surface area contributed by atoms with Gasteiger partial charge in [0.1, 0.15) is 0 Å². The highest BCUT2D eigenvalue weighted by atomic mass is 31.2. The van der Waals surface area contributed by atoms with E-state index in [-0.39, 0.29) is 0 Å². The van der Waals surface area contributed by atoms with E-state index < -0.39 is 12.7 Å². The van der Waals surface area contributed by atoms with Crippen LogP contribution in [0.2, 0.25) is 0 Å². The molecule has 0 nitrogen and oxygen atoms in total. The molecule has 1 aliphatic heterocycles. The molecule has 0 N–H and O–H groups in total. The van der Waals surface area contributed by atoms with E-state index in [2.05, 4.69) is 13.6 Å². The van der Waals surface area contributed by atoms with Gasteiger partial charge in [-0.3, -0.25) is 0 Å². The molecule has 1 rings (SSSR count). The Morgan fingerprint density at radius 2 is 2.22 bits per heavy atom. The fourth-order valence-electron chi connectivity index (χ4n) is 1.29. The summed E-state index contributed by atoms with van der Waals surface area (Å²) in [5, 5.41) is -0.762. The van der Waals surface area contributed by atoms with Gasteiger partial charge in [0.2, 0.25) is 5.41 Å². The number of halogens is 1. The van der Waals surface area contributed by atoms with E-state index in [1.807, 2.05) is 0 Å². The Labute approximate surface area is 57.2 Å². The first-order valence-corrected chi connectivity index (χ1v) is 6.16. The minimum Gasteiger partial charge on any atom is -0.200 e. The van der Waals surface area contributed by atoms with Gasteiger partial charge in [0.05, 0.1) is 19.0 Å². The first-order chi connectivity index (χ1) is 4.02. The minimum atomic E-state index is -1.09. The van der Waals surface area contributed by atoms with Crippen LogP contribution in [-0.2, 0) is 0 Å². The lowest BCUT2D eigenvalue weighted by Crippen LogP contribution is -2.37. The van der Waals surface area contributed by atoms with E-state index in [0.717, 1.165) is 12.6 Å². The predicted molar refractivity (Wildman–Crippen MR) is 42.4 cm³/mol. The molecule has 0 aromatic carbocycles. The molecule has 0 bridgehead atoms. The average Bonchev–Trinajstić information content (AvgIpc) is 1.84. The van der Waals surface area contributed by atoms with Gasteiger partial charge in [0, 0.05) is 20.6 Å². The molecule has 54 valence electrons. The van der Waals surface area contributed by atoms with Crippen molar-refractivity contribution in [1.29, 1.82) is 0 Å². The lowest BCUT2D eigenvalue weighted by molar-refractivity contribution is 0.268. The Bertz CT molecular complexity index is 118. The van der Waals surface area contributed by atoms with Gasteiger partial charge in [-0.15, -0.1) is 0 Å². The summed E-state index contributed by atoms with van der Waals surface area (Å²) in [5.41, 5.74) is 0. The topological polar surface area (TPSA) is 0 Å². The molecule has 2 atom stereocenters. The SMILES string of the molecule is CC[P+]1(C)CCC1(C)F. The Hall–Kier alpha value is 0.360. The number of hydrogen-bond donors (Lipinski definition) is 0. The van der Waals surface area contributed by atoms with Crippen LogP contribution in [0.15, 0.2) is 0 Å². The van der Waals surface area contributed by atoms with Crippen LogP contribution in [0.5, 0.6) is 0 Å². The van der Waals surface area contributed by atoms with Crippen molar-refractivity contribution in [3.63, 3.8) is 0 Å². The molecule has 9 heavy (non-hydrogen) atoms. The summed E-state index contributed by atoms with van der Waals surface area (Å²) in [7, 11) is -1.09. The molecule has 2 unspecified atom stereocenters. The molecule has 2 heteroatoms. The van der Waals surface area contributed by atoms with Crippen molar-refractivity contribution in [2.75, 3.05) is 19.0 Å². The van der Waals surface area contributed by atoms with Crippen molar-refractivity contribution in [2.24, 2.45) is 0 Å². The summed E-state index contributed by atoms with van der Waals surface area (Å²) in [6.45, 7) is 6.04. The van der Waals surface area contributed by atoms with Crippen LogP contribution < -0.4 is 0 Å². The predicted octanol–water partition coefficient (Wildman–Crippen LogP) is 2.74. The maximum absolute atomic E-state index is 13.3. The molecular formula is C7H15FP+. The smallest absolute Gasteiger partial charge is 0.200 e. The average molecular weight is 149 g/mol. The van der Waals surface area contributed by atoms with Gasteiger partial charge in [-0.05, 0) is 6.92 Å². The normalized spacial score (nSPS) is 50.7. The highest BCUT2D eigenvalue weighted by Crippen LogP contribution is 2.76. The fourth-order valence-corrected chi connectivity index (χ4v) is 3.87.